The van der Waals surface area contributed by atoms with Crippen molar-refractivity contribution in [1.82, 2.24) is 0 Å². The second kappa shape index (κ2) is 3.77. The van der Waals surface area contributed by atoms with Crippen LogP contribution in [0.25, 0.3) is 0 Å². The Labute approximate surface area is 77.9 Å². The molecule has 70 valence electrons. The second-order valence-electron chi connectivity index (χ2n) is 3.36. The van der Waals surface area contributed by atoms with E-state index in [-0.39, 0.29) is 6.10 Å². The fourth-order valence-electron chi connectivity index (χ4n) is 1.70. The first kappa shape index (κ1) is 8.53. The van der Waals surface area contributed by atoms with Gasteiger partial charge in [-0.2, -0.15) is 5.84 Å². The van der Waals surface area contributed by atoms with Gasteiger partial charge in [-0.3, -0.25) is 5.43 Å². The number of aryl methyl sites for hydroxylation is 1. The summed E-state index contributed by atoms with van der Waals surface area (Å²) in [5.41, 5.74) is 2.99. The molecule has 4 N–H and O–H groups in total. The van der Waals surface area contributed by atoms with E-state index in [9.17, 15) is 0 Å². The highest BCUT2D eigenvalue weighted by molar-refractivity contribution is 5.34. The summed E-state index contributed by atoms with van der Waals surface area (Å²) in [4.78, 5) is 0. The number of quaternary nitrogens is 1. The molecule has 1 atom stereocenters. The number of hydrogen-bond acceptors (Lipinski definition) is 2. The van der Waals surface area contributed by atoms with Gasteiger partial charge in [-0.1, -0.05) is 18.2 Å². The number of benzene rings is 1. The molecule has 1 aliphatic rings. The highest BCUT2D eigenvalue weighted by Crippen LogP contribution is 2.26. The molecular weight excluding hydrogens is 164 g/mol. The average Bonchev–Trinajstić information content (AvgIpc) is 2.18. The molecule has 0 amide bonds. The topological polar surface area (TPSA) is 51.9 Å². The first-order valence-corrected chi connectivity index (χ1v) is 4.68. The summed E-state index contributed by atoms with van der Waals surface area (Å²) >= 11 is 0. The van der Waals surface area contributed by atoms with Crippen LogP contribution >= 0.6 is 0 Å². The fourth-order valence-corrected chi connectivity index (χ4v) is 1.70. The van der Waals surface area contributed by atoms with E-state index in [1.807, 2.05) is 12.1 Å². The first-order chi connectivity index (χ1) is 6.40. The maximum atomic E-state index is 5.76. The zero-order valence-electron chi connectivity index (χ0n) is 7.57. The van der Waals surface area contributed by atoms with Crippen molar-refractivity contribution in [3.63, 3.8) is 0 Å². The van der Waals surface area contributed by atoms with E-state index in [1.165, 1.54) is 5.56 Å². The Bertz CT molecular complexity index is 288. The first-order valence-electron chi connectivity index (χ1n) is 4.68. The van der Waals surface area contributed by atoms with E-state index < -0.39 is 0 Å². The molecule has 3 nitrogen and oxygen atoms in total. The van der Waals surface area contributed by atoms with Crippen molar-refractivity contribution in [2.24, 2.45) is 5.84 Å². The normalized spacial score (nSPS) is 20.5. The molecule has 1 aromatic carbocycles. The van der Waals surface area contributed by atoms with Crippen LogP contribution < -0.4 is 16.0 Å². The lowest BCUT2D eigenvalue weighted by Crippen LogP contribution is -2.93. The summed E-state index contributed by atoms with van der Waals surface area (Å²) in [5, 5.41) is 0. The van der Waals surface area contributed by atoms with Gasteiger partial charge in [-0.25, -0.2) is 0 Å². The van der Waals surface area contributed by atoms with Gasteiger partial charge in [0.2, 0.25) is 0 Å². The Morgan fingerprint density at radius 2 is 2.31 bits per heavy atom. The van der Waals surface area contributed by atoms with Crippen molar-refractivity contribution in [2.45, 2.75) is 18.9 Å². The minimum absolute atomic E-state index is 0.278. The summed E-state index contributed by atoms with van der Waals surface area (Å²) in [5.74, 6) is 6.40. The molecule has 13 heavy (non-hydrogen) atoms. The minimum Gasteiger partial charge on any atom is -0.484 e. The summed E-state index contributed by atoms with van der Waals surface area (Å²) in [6.45, 7) is 0.842. The van der Waals surface area contributed by atoms with Crippen molar-refractivity contribution in [1.29, 1.82) is 0 Å². The minimum atomic E-state index is 0.278. The molecule has 0 radical (unpaired) electrons. The van der Waals surface area contributed by atoms with Crippen molar-refractivity contribution in [3.05, 3.63) is 29.8 Å². The zero-order chi connectivity index (χ0) is 9.10. The highest BCUT2D eigenvalue weighted by Gasteiger charge is 2.19. The van der Waals surface area contributed by atoms with Crippen LogP contribution in [0, 0.1) is 0 Å². The largest absolute Gasteiger partial charge is 0.484 e. The Hall–Kier alpha value is -1.06. The van der Waals surface area contributed by atoms with Crippen LogP contribution in [0.1, 0.15) is 12.0 Å². The summed E-state index contributed by atoms with van der Waals surface area (Å²) in [6, 6.07) is 8.21. The van der Waals surface area contributed by atoms with Crippen molar-refractivity contribution >= 4 is 0 Å². The van der Waals surface area contributed by atoms with E-state index in [0.717, 1.165) is 25.1 Å². The van der Waals surface area contributed by atoms with Gasteiger partial charge in [0, 0.05) is 0 Å². The third-order valence-electron chi connectivity index (χ3n) is 2.40. The number of fused-ring (bicyclic) bond motifs is 1. The lowest BCUT2D eigenvalue weighted by molar-refractivity contribution is -0.672. The second-order valence-corrected chi connectivity index (χ2v) is 3.36. The molecule has 1 unspecified atom stereocenters. The Morgan fingerprint density at radius 3 is 3.15 bits per heavy atom. The standard InChI is InChI=1S/C10H14N2O/c11-12-7-9-6-5-8-3-1-2-4-10(8)13-9/h1-4,9,12H,5-7,11H2/p+1. The lowest BCUT2D eigenvalue weighted by atomic mass is 10.0. The molecule has 1 aliphatic heterocycles. The number of rotatable bonds is 2. The molecule has 0 aromatic heterocycles. The number of para-hydroxylation sites is 1. The van der Waals surface area contributed by atoms with Crippen LogP contribution in [0.3, 0.4) is 0 Å². The molecule has 2 rings (SSSR count). The fraction of sp³-hybridized carbons (Fsp3) is 0.400. The zero-order valence-corrected chi connectivity index (χ0v) is 7.57. The van der Waals surface area contributed by atoms with Gasteiger partial charge in [-0.15, -0.1) is 0 Å². The van der Waals surface area contributed by atoms with Crippen LogP contribution in [-0.2, 0) is 6.42 Å². The Morgan fingerprint density at radius 1 is 1.46 bits per heavy atom. The Balaban J connectivity index is 2.11. The van der Waals surface area contributed by atoms with E-state index in [2.05, 4.69) is 12.1 Å². The molecule has 0 saturated heterocycles. The van der Waals surface area contributed by atoms with Gasteiger partial charge in [0.25, 0.3) is 0 Å². The van der Waals surface area contributed by atoms with Crippen molar-refractivity contribution < 1.29 is 10.2 Å². The Kier molecular flexibility index (Phi) is 2.47. The third-order valence-corrected chi connectivity index (χ3v) is 2.40. The third kappa shape index (κ3) is 1.82. The quantitative estimate of drug-likeness (QED) is 0.488. The number of ether oxygens (including phenoxy) is 1. The average molecular weight is 179 g/mol. The smallest absolute Gasteiger partial charge is 0.149 e. The van der Waals surface area contributed by atoms with Gasteiger partial charge in [0.15, 0.2) is 0 Å². The molecule has 1 aromatic rings. The summed E-state index contributed by atoms with van der Waals surface area (Å²) in [7, 11) is 0. The van der Waals surface area contributed by atoms with Crippen LogP contribution in [0.4, 0.5) is 0 Å². The maximum absolute atomic E-state index is 5.76. The van der Waals surface area contributed by atoms with E-state index >= 15 is 0 Å². The van der Waals surface area contributed by atoms with Gasteiger partial charge in [0.1, 0.15) is 18.4 Å². The SMILES string of the molecule is N[NH2+]CC1CCc2ccccc2O1. The lowest BCUT2D eigenvalue weighted by Gasteiger charge is -2.24. The predicted octanol–water partition coefficient (Wildman–Crippen LogP) is -0.183. The van der Waals surface area contributed by atoms with Crippen LogP contribution in [0.5, 0.6) is 5.75 Å². The van der Waals surface area contributed by atoms with Crippen LogP contribution in [0.2, 0.25) is 0 Å². The molecule has 0 aliphatic carbocycles. The van der Waals surface area contributed by atoms with Gasteiger partial charge < -0.3 is 4.74 Å². The number of nitrogens with two attached hydrogens (primary N) is 2. The monoisotopic (exact) mass is 179 g/mol. The predicted molar refractivity (Wildman–Crippen MR) is 50.2 cm³/mol. The molecule has 0 fully saturated rings. The molecular formula is C10H15N2O+. The molecule has 0 saturated carbocycles. The molecule has 0 spiro atoms. The molecule has 0 bridgehead atoms. The van der Waals surface area contributed by atoms with Crippen molar-refractivity contribution in [3.8, 4) is 5.75 Å². The van der Waals surface area contributed by atoms with Gasteiger partial charge in [0.05, 0.1) is 0 Å². The maximum Gasteiger partial charge on any atom is 0.149 e. The van der Waals surface area contributed by atoms with E-state index in [1.54, 1.807) is 5.43 Å². The van der Waals surface area contributed by atoms with Crippen LogP contribution in [0.15, 0.2) is 24.3 Å². The molecule has 3 heteroatoms. The number of hydrogen-bond donors (Lipinski definition) is 2. The van der Waals surface area contributed by atoms with Gasteiger partial charge >= 0.3 is 0 Å². The summed E-state index contributed by atoms with van der Waals surface area (Å²) in [6.07, 6.45) is 2.46. The van der Waals surface area contributed by atoms with Gasteiger partial charge in [-0.05, 0) is 24.5 Å². The molecule has 1 heterocycles. The van der Waals surface area contributed by atoms with Crippen molar-refractivity contribution in [2.75, 3.05) is 6.54 Å². The van der Waals surface area contributed by atoms with E-state index in [0.29, 0.717) is 0 Å². The van der Waals surface area contributed by atoms with E-state index in [4.69, 9.17) is 10.6 Å². The summed E-state index contributed by atoms with van der Waals surface area (Å²) < 4.78 is 5.76. The van der Waals surface area contributed by atoms with Crippen LogP contribution in [-0.4, -0.2) is 12.6 Å². The highest BCUT2D eigenvalue weighted by atomic mass is 16.5.